The maximum atomic E-state index is 12.0. The number of aliphatic hydroxyl groups is 1. The molecule has 1 unspecified atom stereocenters. The number of unbranched alkanes of at least 4 members (excludes halogenated alkanes) is 13. The highest BCUT2D eigenvalue weighted by Crippen LogP contribution is 2.19. The summed E-state index contributed by atoms with van der Waals surface area (Å²) in [6.45, 7) is 4.40. The van der Waals surface area contributed by atoms with Gasteiger partial charge in [-0.25, -0.2) is 4.79 Å². The van der Waals surface area contributed by atoms with Crippen LogP contribution in [0.5, 0.6) is 0 Å². The third-order valence-electron chi connectivity index (χ3n) is 5.74. The molecule has 0 aliphatic rings. The summed E-state index contributed by atoms with van der Waals surface area (Å²) in [5, 5.41) is 19.6. The first-order chi connectivity index (χ1) is 16.2. The smallest absolute Gasteiger partial charge is 0.336 e. The Kier molecular flexibility index (Phi) is 19.2. The van der Waals surface area contributed by atoms with Crippen LogP contribution in [-0.4, -0.2) is 46.3 Å². The largest absolute Gasteiger partial charge is 0.479 e. The van der Waals surface area contributed by atoms with Crippen molar-refractivity contribution >= 4 is 23.9 Å². The molecule has 0 aromatic rings. The normalized spacial score (nSPS) is 12.7. The van der Waals surface area contributed by atoms with E-state index in [1.807, 2.05) is 0 Å². The van der Waals surface area contributed by atoms with Crippen LogP contribution in [0.4, 0.5) is 0 Å². The summed E-state index contributed by atoms with van der Waals surface area (Å²) < 4.78 is 9.63. The molecule has 0 fully saturated rings. The highest BCUT2D eigenvalue weighted by molar-refractivity contribution is 5.92. The summed E-state index contributed by atoms with van der Waals surface area (Å²) in [6.07, 6.45) is 14.0. The molecule has 0 bridgehead atoms. The molecule has 0 amide bonds. The lowest BCUT2D eigenvalue weighted by Gasteiger charge is -2.21. The topological polar surface area (TPSA) is 127 Å². The van der Waals surface area contributed by atoms with E-state index in [1.54, 1.807) is 0 Å². The maximum absolute atomic E-state index is 12.0. The second-order valence-corrected chi connectivity index (χ2v) is 9.10. The zero-order valence-corrected chi connectivity index (χ0v) is 21.3. The molecule has 0 aromatic carbocycles. The number of carboxylic acid groups (broad SMARTS) is 1. The van der Waals surface area contributed by atoms with Crippen LogP contribution >= 0.6 is 0 Å². The SMILES string of the molecule is CCCCCCCCCCCCOC(=O)CC(O)(CC(=O)OC(=O)CCCCCCC)C(=O)O. The quantitative estimate of drug-likeness (QED) is 0.117. The fourth-order valence-electron chi connectivity index (χ4n) is 3.60. The summed E-state index contributed by atoms with van der Waals surface area (Å²) in [5.74, 6) is -4.59. The number of rotatable bonds is 22. The van der Waals surface area contributed by atoms with Gasteiger partial charge in [-0.15, -0.1) is 0 Å². The Morgan fingerprint density at radius 3 is 1.56 bits per heavy atom. The standard InChI is InChI=1S/C26H46O8/c1-3-5-7-9-10-11-12-13-15-17-19-33-23(28)20-26(32,25(30)31)21-24(29)34-22(27)18-16-14-8-6-4-2/h32H,3-21H2,1-2H3,(H,30,31). The Labute approximate surface area is 204 Å². The van der Waals surface area contributed by atoms with Gasteiger partial charge >= 0.3 is 23.9 Å². The molecule has 0 radical (unpaired) electrons. The third-order valence-corrected chi connectivity index (χ3v) is 5.74. The number of carboxylic acids is 1. The fourth-order valence-corrected chi connectivity index (χ4v) is 3.60. The highest BCUT2D eigenvalue weighted by Gasteiger charge is 2.42. The van der Waals surface area contributed by atoms with Gasteiger partial charge in [-0.05, 0) is 12.8 Å². The van der Waals surface area contributed by atoms with Gasteiger partial charge in [0.05, 0.1) is 19.4 Å². The van der Waals surface area contributed by atoms with E-state index in [0.29, 0.717) is 12.8 Å². The van der Waals surface area contributed by atoms with Crippen LogP contribution in [0.3, 0.4) is 0 Å². The van der Waals surface area contributed by atoms with Crippen molar-refractivity contribution in [1.82, 2.24) is 0 Å². The van der Waals surface area contributed by atoms with Crippen molar-refractivity contribution in [3.05, 3.63) is 0 Å². The molecule has 0 saturated heterocycles. The van der Waals surface area contributed by atoms with Crippen LogP contribution in [0.2, 0.25) is 0 Å². The number of ether oxygens (including phenoxy) is 2. The predicted molar refractivity (Wildman–Crippen MR) is 129 cm³/mol. The van der Waals surface area contributed by atoms with Crippen molar-refractivity contribution in [1.29, 1.82) is 0 Å². The average molecular weight is 487 g/mol. The molecular weight excluding hydrogens is 440 g/mol. The average Bonchev–Trinajstić information content (AvgIpc) is 2.76. The van der Waals surface area contributed by atoms with Crippen molar-refractivity contribution < 1.29 is 38.9 Å². The van der Waals surface area contributed by atoms with Gasteiger partial charge in [-0.1, -0.05) is 97.3 Å². The number of esters is 3. The lowest BCUT2D eigenvalue weighted by molar-refractivity contribution is -0.175. The highest BCUT2D eigenvalue weighted by atomic mass is 16.6. The molecule has 8 heteroatoms. The molecule has 1 atom stereocenters. The van der Waals surface area contributed by atoms with Crippen molar-refractivity contribution in [3.8, 4) is 0 Å². The van der Waals surface area contributed by atoms with Gasteiger partial charge in [0.1, 0.15) is 0 Å². The summed E-state index contributed by atoms with van der Waals surface area (Å²) in [4.78, 5) is 47.1. The Morgan fingerprint density at radius 2 is 1.06 bits per heavy atom. The lowest BCUT2D eigenvalue weighted by atomic mass is 9.96. The Hall–Kier alpha value is -1.96. The molecular formula is C26H46O8. The molecule has 8 nitrogen and oxygen atoms in total. The summed E-state index contributed by atoms with van der Waals surface area (Å²) in [7, 11) is 0. The summed E-state index contributed by atoms with van der Waals surface area (Å²) in [5.41, 5.74) is -2.67. The van der Waals surface area contributed by atoms with Gasteiger partial charge in [0.25, 0.3) is 0 Å². The Bertz CT molecular complexity index is 589. The predicted octanol–water partition coefficient (Wildman–Crippen LogP) is 5.48. The molecule has 0 saturated carbocycles. The van der Waals surface area contributed by atoms with E-state index in [4.69, 9.17) is 4.74 Å². The minimum Gasteiger partial charge on any atom is -0.479 e. The number of carbonyl (C=O) groups excluding carboxylic acids is 3. The van der Waals surface area contributed by atoms with Gasteiger partial charge in [-0.2, -0.15) is 0 Å². The molecule has 0 aliphatic carbocycles. The summed E-state index contributed by atoms with van der Waals surface area (Å²) in [6, 6.07) is 0. The van der Waals surface area contributed by atoms with Gasteiger partial charge < -0.3 is 19.7 Å². The van der Waals surface area contributed by atoms with Crippen LogP contribution in [0.15, 0.2) is 0 Å². The van der Waals surface area contributed by atoms with Crippen molar-refractivity contribution in [2.75, 3.05) is 6.61 Å². The molecule has 0 aromatic heterocycles. The molecule has 0 rings (SSSR count). The van der Waals surface area contributed by atoms with Crippen molar-refractivity contribution in [3.63, 3.8) is 0 Å². The van der Waals surface area contributed by atoms with Gasteiger partial charge in [0.15, 0.2) is 5.60 Å². The van der Waals surface area contributed by atoms with E-state index in [2.05, 4.69) is 18.6 Å². The second-order valence-electron chi connectivity index (χ2n) is 9.10. The van der Waals surface area contributed by atoms with E-state index in [0.717, 1.165) is 44.9 Å². The van der Waals surface area contributed by atoms with Gasteiger partial charge in [0.2, 0.25) is 0 Å². The number of hydrogen-bond acceptors (Lipinski definition) is 7. The monoisotopic (exact) mass is 486 g/mol. The van der Waals surface area contributed by atoms with E-state index in [1.165, 1.54) is 38.5 Å². The van der Waals surface area contributed by atoms with Crippen LogP contribution in [0.1, 0.15) is 129 Å². The molecule has 0 aliphatic heterocycles. The van der Waals surface area contributed by atoms with Crippen molar-refractivity contribution in [2.24, 2.45) is 0 Å². The van der Waals surface area contributed by atoms with Crippen LogP contribution < -0.4 is 0 Å². The molecule has 0 heterocycles. The second kappa shape index (κ2) is 20.4. The third kappa shape index (κ3) is 17.5. The fraction of sp³-hybridized carbons (Fsp3) is 0.846. The minimum atomic E-state index is -2.67. The van der Waals surface area contributed by atoms with Gasteiger partial charge in [0, 0.05) is 6.42 Å². The van der Waals surface area contributed by atoms with Crippen LogP contribution in [0, 0.1) is 0 Å². The number of carbonyl (C=O) groups is 4. The van der Waals surface area contributed by atoms with Crippen LogP contribution in [0.25, 0.3) is 0 Å². The number of hydrogen-bond donors (Lipinski definition) is 2. The Morgan fingerprint density at radius 1 is 0.618 bits per heavy atom. The minimum absolute atomic E-state index is 0.0435. The Balaban J connectivity index is 4.12. The van der Waals surface area contributed by atoms with Crippen LogP contribution in [-0.2, 0) is 28.7 Å². The van der Waals surface area contributed by atoms with Crippen molar-refractivity contribution in [2.45, 2.75) is 135 Å². The number of aliphatic carboxylic acids is 1. The molecule has 198 valence electrons. The lowest BCUT2D eigenvalue weighted by Crippen LogP contribution is -2.43. The van der Waals surface area contributed by atoms with E-state index >= 15 is 0 Å². The van der Waals surface area contributed by atoms with E-state index < -0.39 is 42.3 Å². The van der Waals surface area contributed by atoms with E-state index in [-0.39, 0.29) is 13.0 Å². The molecule has 2 N–H and O–H groups in total. The zero-order chi connectivity index (χ0) is 25.7. The first-order valence-electron chi connectivity index (χ1n) is 13.1. The maximum Gasteiger partial charge on any atom is 0.336 e. The molecule has 0 spiro atoms. The first-order valence-corrected chi connectivity index (χ1v) is 13.1. The first kappa shape index (κ1) is 32.0. The molecule has 34 heavy (non-hydrogen) atoms. The van der Waals surface area contributed by atoms with Gasteiger partial charge in [-0.3, -0.25) is 14.4 Å². The van der Waals surface area contributed by atoms with E-state index in [9.17, 15) is 29.4 Å². The zero-order valence-electron chi connectivity index (χ0n) is 21.3. The summed E-state index contributed by atoms with van der Waals surface area (Å²) >= 11 is 0.